The average molecular weight is 340 g/mol. The molecule has 4 heteroatoms. The van der Waals surface area contributed by atoms with Crippen LogP contribution in [0.4, 0.5) is 0 Å². The zero-order valence-electron chi connectivity index (χ0n) is 12.1. The molecule has 0 amide bonds. The van der Waals surface area contributed by atoms with Gasteiger partial charge in [-0.25, -0.2) is 4.79 Å². The van der Waals surface area contributed by atoms with Gasteiger partial charge in [0.1, 0.15) is 6.04 Å². The highest BCUT2D eigenvalue weighted by Gasteiger charge is 2.27. The molecule has 0 heterocycles. The Kier molecular flexibility index (Phi) is 5.61. The van der Waals surface area contributed by atoms with Crippen molar-refractivity contribution in [1.82, 2.24) is 5.32 Å². The second-order valence-electron chi connectivity index (χ2n) is 5.48. The predicted octanol–water partition coefficient (Wildman–Crippen LogP) is 3.89. The van der Waals surface area contributed by atoms with Crippen LogP contribution in [0.2, 0.25) is 0 Å². The van der Waals surface area contributed by atoms with Crippen LogP contribution >= 0.6 is 15.9 Å². The number of hydrogen-bond donors (Lipinski definition) is 1. The second-order valence-corrected chi connectivity index (χ2v) is 6.34. The lowest BCUT2D eigenvalue weighted by molar-refractivity contribution is -0.143. The molecule has 1 aromatic carbocycles. The summed E-state index contributed by atoms with van der Waals surface area (Å²) in [7, 11) is 1.44. The number of rotatable bonds is 4. The summed E-state index contributed by atoms with van der Waals surface area (Å²) < 4.78 is 5.93. The van der Waals surface area contributed by atoms with Gasteiger partial charge in [-0.2, -0.15) is 0 Å². The Bertz CT molecular complexity index is 470. The van der Waals surface area contributed by atoms with Gasteiger partial charge in [0.15, 0.2) is 0 Å². The molecule has 2 rings (SSSR count). The van der Waals surface area contributed by atoms with Crippen LogP contribution in [-0.2, 0) is 9.53 Å². The first-order valence-electron chi connectivity index (χ1n) is 7.21. The Morgan fingerprint density at radius 2 is 2.05 bits per heavy atom. The number of esters is 1. The molecule has 0 saturated heterocycles. The van der Waals surface area contributed by atoms with Gasteiger partial charge in [-0.3, -0.25) is 5.32 Å². The maximum absolute atomic E-state index is 12.1. The Morgan fingerprint density at radius 1 is 1.35 bits per heavy atom. The number of aryl methyl sites for hydroxylation is 1. The lowest BCUT2D eigenvalue weighted by atomic mass is 9.94. The monoisotopic (exact) mass is 339 g/mol. The second kappa shape index (κ2) is 7.23. The normalized spacial score (nSPS) is 17.8. The summed E-state index contributed by atoms with van der Waals surface area (Å²) in [6.45, 7) is 2.04. The van der Waals surface area contributed by atoms with Gasteiger partial charge in [0.2, 0.25) is 0 Å². The van der Waals surface area contributed by atoms with E-state index in [9.17, 15) is 4.79 Å². The van der Waals surface area contributed by atoms with E-state index in [1.807, 2.05) is 25.1 Å². The highest BCUT2D eigenvalue weighted by Crippen LogP contribution is 2.28. The van der Waals surface area contributed by atoms with E-state index in [2.05, 4.69) is 21.2 Å². The third kappa shape index (κ3) is 3.83. The Labute approximate surface area is 129 Å². The van der Waals surface area contributed by atoms with Gasteiger partial charge in [0.05, 0.1) is 7.11 Å². The number of ether oxygens (including phenoxy) is 1. The average Bonchev–Trinajstić information content (AvgIpc) is 2.46. The lowest BCUT2D eigenvalue weighted by Crippen LogP contribution is -2.39. The van der Waals surface area contributed by atoms with E-state index in [0.717, 1.165) is 22.9 Å². The molecule has 1 atom stereocenters. The van der Waals surface area contributed by atoms with Crippen LogP contribution in [0.1, 0.15) is 49.3 Å². The van der Waals surface area contributed by atoms with Crippen LogP contribution in [-0.4, -0.2) is 19.1 Å². The largest absolute Gasteiger partial charge is 0.468 e. The number of nitrogens with one attached hydrogen (secondary N) is 1. The van der Waals surface area contributed by atoms with Crippen LogP contribution < -0.4 is 5.32 Å². The molecule has 20 heavy (non-hydrogen) atoms. The van der Waals surface area contributed by atoms with E-state index in [1.54, 1.807) is 0 Å². The topological polar surface area (TPSA) is 38.3 Å². The van der Waals surface area contributed by atoms with Crippen molar-refractivity contribution in [2.45, 2.75) is 51.1 Å². The van der Waals surface area contributed by atoms with Crippen LogP contribution in [0.3, 0.4) is 0 Å². The molecule has 110 valence electrons. The van der Waals surface area contributed by atoms with E-state index >= 15 is 0 Å². The minimum atomic E-state index is -0.391. The molecule has 1 aliphatic rings. The molecule has 0 aliphatic heterocycles. The van der Waals surface area contributed by atoms with Gasteiger partial charge in [-0.15, -0.1) is 0 Å². The summed E-state index contributed by atoms with van der Waals surface area (Å²) in [6, 6.07) is 6.07. The maximum Gasteiger partial charge on any atom is 0.327 e. The Hall–Kier alpha value is -0.870. The zero-order valence-corrected chi connectivity index (χ0v) is 13.7. The highest BCUT2D eigenvalue weighted by molar-refractivity contribution is 9.10. The van der Waals surface area contributed by atoms with E-state index in [1.165, 1.54) is 31.9 Å². The van der Waals surface area contributed by atoms with Gasteiger partial charge < -0.3 is 4.74 Å². The summed E-state index contributed by atoms with van der Waals surface area (Å²) in [4.78, 5) is 12.1. The molecule has 1 aromatic rings. The van der Waals surface area contributed by atoms with Crippen LogP contribution in [0.5, 0.6) is 0 Å². The molecule has 0 radical (unpaired) electrons. The maximum atomic E-state index is 12.1. The third-order valence-corrected chi connectivity index (χ3v) is 4.60. The number of carbonyl (C=O) groups is 1. The fourth-order valence-corrected chi connectivity index (χ4v) is 3.50. The Balaban J connectivity index is 2.20. The summed E-state index contributed by atoms with van der Waals surface area (Å²) in [5, 5.41) is 3.48. The molecule has 1 saturated carbocycles. The lowest BCUT2D eigenvalue weighted by Gasteiger charge is -2.28. The van der Waals surface area contributed by atoms with Crippen molar-refractivity contribution in [1.29, 1.82) is 0 Å². The molecule has 1 aliphatic carbocycles. The molecular formula is C16H22BrNO2. The summed E-state index contributed by atoms with van der Waals surface area (Å²) in [5.41, 5.74) is 2.12. The first kappa shape index (κ1) is 15.5. The number of halogens is 1. The number of methoxy groups -OCH3 is 1. The molecule has 1 unspecified atom stereocenters. The van der Waals surface area contributed by atoms with Crippen molar-refractivity contribution >= 4 is 21.9 Å². The van der Waals surface area contributed by atoms with Gasteiger partial charge in [-0.05, 0) is 37.0 Å². The zero-order chi connectivity index (χ0) is 14.5. The minimum absolute atomic E-state index is 0.222. The minimum Gasteiger partial charge on any atom is -0.468 e. The molecule has 0 bridgehead atoms. The molecule has 1 N–H and O–H groups in total. The van der Waals surface area contributed by atoms with Crippen molar-refractivity contribution in [2.75, 3.05) is 7.11 Å². The van der Waals surface area contributed by atoms with Crippen molar-refractivity contribution in [3.63, 3.8) is 0 Å². The summed E-state index contributed by atoms with van der Waals surface area (Å²) >= 11 is 3.56. The smallest absolute Gasteiger partial charge is 0.327 e. The van der Waals surface area contributed by atoms with Crippen LogP contribution in [0.15, 0.2) is 22.7 Å². The molecular weight excluding hydrogens is 318 g/mol. The Morgan fingerprint density at radius 3 is 2.65 bits per heavy atom. The van der Waals surface area contributed by atoms with Gasteiger partial charge in [0, 0.05) is 10.5 Å². The first-order chi connectivity index (χ1) is 9.61. The van der Waals surface area contributed by atoms with Gasteiger partial charge >= 0.3 is 5.97 Å². The fourth-order valence-electron chi connectivity index (χ4n) is 2.77. The third-order valence-electron chi connectivity index (χ3n) is 3.91. The quantitative estimate of drug-likeness (QED) is 0.845. The number of hydrogen-bond acceptors (Lipinski definition) is 3. The SMILES string of the molecule is COC(=O)C(NC1CCCCC1)c1ccc(C)cc1Br. The van der Waals surface area contributed by atoms with Gasteiger partial charge in [-0.1, -0.05) is 47.3 Å². The van der Waals surface area contributed by atoms with E-state index in [-0.39, 0.29) is 5.97 Å². The molecule has 3 nitrogen and oxygen atoms in total. The van der Waals surface area contributed by atoms with Crippen molar-refractivity contribution in [3.8, 4) is 0 Å². The van der Waals surface area contributed by atoms with Gasteiger partial charge in [0.25, 0.3) is 0 Å². The molecule has 0 spiro atoms. The first-order valence-corrected chi connectivity index (χ1v) is 8.01. The molecule has 0 aromatic heterocycles. The summed E-state index contributed by atoms with van der Waals surface area (Å²) in [6.07, 6.45) is 6.05. The van der Waals surface area contributed by atoms with Crippen molar-refractivity contribution in [2.24, 2.45) is 0 Å². The van der Waals surface area contributed by atoms with Crippen LogP contribution in [0, 0.1) is 6.92 Å². The number of carbonyl (C=O) groups excluding carboxylic acids is 1. The predicted molar refractivity (Wildman–Crippen MR) is 83.6 cm³/mol. The van der Waals surface area contributed by atoms with Crippen molar-refractivity contribution < 1.29 is 9.53 Å². The van der Waals surface area contributed by atoms with Crippen molar-refractivity contribution in [3.05, 3.63) is 33.8 Å². The van der Waals surface area contributed by atoms with E-state index in [4.69, 9.17) is 4.74 Å². The number of benzene rings is 1. The van der Waals surface area contributed by atoms with Crippen LogP contribution in [0.25, 0.3) is 0 Å². The van der Waals surface area contributed by atoms with E-state index < -0.39 is 6.04 Å². The van der Waals surface area contributed by atoms with E-state index in [0.29, 0.717) is 6.04 Å². The standard InChI is InChI=1S/C16H22BrNO2/c1-11-8-9-13(14(17)10-11)15(16(19)20-2)18-12-6-4-3-5-7-12/h8-10,12,15,18H,3-7H2,1-2H3. The molecule has 1 fully saturated rings. The fraction of sp³-hybridized carbons (Fsp3) is 0.562. The highest BCUT2D eigenvalue weighted by atomic mass is 79.9. The summed E-state index contributed by atoms with van der Waals surface area (Å²) in [5.74, 6) is -0.222.